The maximum atomic E-state index is 13.0. The van der Waals surface area contributed by atoms with Gasteiger partial charge in [-0.05, 0) is 30.3 Å². The Labute approximate surface area is 153 Å². The second-order valence-corrected chi connectivity index (χ2v) is 5.60. The molecule has 26 heavy (non-hydrogen) atoms. The van der Waals surface area contributed by atoms with Crippen molar-refractivity contribution in [2.45, 2.75) is 6.18 Å². The van der Waals surface area contributed by atoms with Crippen LogP contribution in [0.1, 0.15) is 5.56 Å². The van der Waals surface area contributed by atoms with Crippen LogP contribution in [0.4, 0.5) is 24.5 Å². The van der Waals surface area contributed by atoms with Crippen LogP contribution in [0.3, 0.4) is 0 Å². The molecule has 2 aromatic carbocycles. The second kappa shape index (κ2) is 8.18. The van der Waals surface area contributed by atoms with Crippen LogP contribution in [0, 0.1) is 0 Å². The smallest absolute Gasteiger partial charge is 0.418 e. The molecule has 0 radical (unpaired) electrons. The van der Waals surface area contributed by atoms with Gasteiger partial charge in [0.15, 0.2) is 11.5 Å². The monoisotopic (exact) mass is 388 g/mol. The van der Waals surface area contributed by atoms with Gasteiger partial charge in [-0.15, -0.1) is 0 Å². The minimum absolute atomic E-state index is 0.0438. The van der Waals surface area contributed by atoms with E-state index < -0.39 is 17.6 Å². The Hall–Kier alpha value is -2.61. The molecule has 2 rings (SSSR count). The van der Waals surface area contributed by atoms with E-state index in [-0.39, 0.29) is 17.3 Å². The summed E-state index contributed by atoms with van der Waals surface area (Å²) in [4.78, 5) is 12.0. The zero-order chi connectivity index (χ0) is 19.3. The quantitative estimate of drug-likeness (QED) is 0.768. The summed E-state index contributed by atoms with van der Waals surface area (Å²) in [7, 11) is 2.93. The van der Waals surface area contributed by atoms with E-state index in [0.717, 1.165) is 6.07 Å². The number of hydrogen-bond donors (Lipinski definition) is 2. The van der Waals surface area contributed by atoms with E-state index in [9.17, 15) is 18.0 Å². The zero-order valence-electron chi connectivity index (χ0n) is 13.9. The average molecular weight is 389 g/mol. The summed E-state index contributed by atoms with van der Waals surface area (Å²) < 4.78 is 49.3. The fraction of sp³-hybridized carbons (Fsp3) is 0.235. The molecule has 0 saturated carbocycles. The van der Waals surface area contributed by atoms with Crippen LogP contribution in [0.5, 0.6) is 11.5 Å². The van der Waals surface area contributed by atoms with Crippen LogP contribution < -0.4 is 20.1 Å². The second-order valence-electron chi connectivity index (χ2n) is 5.16. The van der Waals surface area contributed by atoms with Gasteiger partial charge in [-0.2, -0.15) is 13.2 Å². The number of alkyl halides is 3. The molecule has 140 valence electrons. The van der Waals surface area contributed by atoms with Gasteiger partial charge in [-0.25, -0.2) is 0 Å². The number of methoxy groups -OCH3 is 2. The first kappa shape index (κ1) is 19.7. The third kappa shape index (κ3) is 4.95. The predicted molar refractivity (Wildman–Crippen MR) is 93.1 cm³/mol. The number of ether oxygens (including phenoxy) is 2. The van der Waals surface area contributed by atoms with Crippen LogP contribution >= 0.6 is 11.6 Å². The molecule has 0 saturated heterocycles. The van der Waals surface area contributed by atoms with Crippen molar-refractivity contribution in [2.24, 2.45) is 0 Å². The highest BCUT2D eigenvalue weighted by molar-refractivity contribution is 6.30. The number of amides is 1. The minimum Gasteiger partial charge on any atom is -0.493 e. The lowest BCUT2D eigenvalue weighted by atomic mass is 10.1. The van der Waals surface area contributed by atoms with E-state index in [2.05, 4.69) is 10.6 Å². The third-order valence-electron chi connectivity index (χ3n) is 3.39. The molecule has 0 aromatic heterocycles. The number of nitrogens with one attached hydrogen (secondary N) is 2. The van der Waals surface area contributed by atoms with Crippen LogP contribution in [-0.4, -0.2) is 26.7 Å². The average Bonchev–Trinajstić information content (AvgIpc) is 2.59. The summed E-state index contributed by atoms with van der Waals surface area (Å²) in [6.45, 7) is -0.362. The van der Waals surface area contributed by atoms with Gasteiger partial charge in [0.05, 0.1) is 26.3 Å². The molecule has 2 N–H and O–H groups in total. The maximum Gasteiger partial charge on any atom is 0.418 e. The number of anilines is 2. The van der Waals surface area contributed by atoms with Crippen molar-refractivity contribution >= 4 is 28.9 Å². The van der Waals surface area contributed by atoms with Crippen LogP contribution in [0.15, 0.2) is 36.4 Å². The van der Waals surface area contributed by atoms with Gasteiger partial charge < -0.3 is 20.1 Å². The highest BCUT2D eigenvalue weighted by atomic mass is 35.5. The highest BCUT2D eigenvalue weighted by Crippen LogP contribution is 2.36. The third-order valence-corrected chi connectivity index (χ3v) is 3.63. The van der Waals surface area contributed by atoms with E-state index in [1.54, 1.807) is 18.2 Å². The predicted octanol–water partition coefficient (Wildman–Crippen LogP) is 4.43. The van der Waals surface area contributed by atoms with E-state index in [1.807, 2.05) is 0 Å². The molecule has 1 amide bonds. The fourth-order valence-electron chi connectivity index (χ4n) is 2.20. The Morgan fingerprint density at radius 3 is 2.38 bits per heavy atom. The van der Waals surface area contributed by atoms with Gasteiger partial charge in [0.25, 0.3) is 0 Å². The van der Waals surface area contributed by atoms with Crippen molar-refractivity contribution in [3.8, 4) is 11.5 Å². The Balaban J connectivity index is 2.06. The standard InChI is InChI=1S/C17H16ClF3N2O3/c1-25-14-6-4-11(8-15(14)26-2)23-16(24)9-22-13-5-3-10(18)7-12(13)17(19,20)21/h3-8,22H,9H2,1-2H3,(H,23,24). The summed E-state index contributed by atoms with van der Waals surface area (Å²) in [6, 6.07) is 8.02. The van der Waals surface area contributed by atoms with Crippen molar-refractivity contribution in [2.75, 3.05) is 31.4 Å². The minimum atomic E-state index is -4.59. The summed E-state index contributed by atoms with van der Waals surface area (Å²) in [5, 5.41) is 4.99. The van der Waals surface area contributed by atoms with Gasteiger partial charge in [0.2, 0.25) is 5.91 Å². The summed E-state index contributed by atoms with van der Waals surface area (Å²) >= 11 is 5.62. The summed E-state index contributed by atoms with van der Waals surface area (Å²) in [5.41, 5.74) is -0.755. The van der Waals surface area contributed by atoms with Gasteiger partial charge in [-0.3, -0.25) is 4.79 Å². The van der Waals surface area contributed by atoms with E-state index in [0.29, 0.717) is 17.2 Å². The van der Waals surface area contributed by atoms with Gasteiger partial charge in [0, 0.05) is 22.5 Å². The molecular formula is C17H16ClF3N2O3. The number of carbonyl (C=O) groups excluding carboxylic acids is 1. The Morgan fingerprint density at radius 2 is 1.77 bits per heavy atom. The Kier molecular flexibility index (Phi) is 6.20. The van der Waals surface area contributed by atoms with Crippen molar-refractivity contribution in [3.05, 3.63) is 47.0 Å². The lowest BCUT2D eigenvalue weighted by Gasteiger charge is -2.15. The fourth-order valence-corrected chi connectivity index (χ4v) is 2.37. The lowest BCUT2D eigenvalue weighted by Crippen LogP contribution is -2.23. The van der Waals surface area contributed by atoms with Crippen molar-refractivity contribution in [1.29, 1.82) is 0 Å². The molecule has 9 heteroatoms. The maximum absolute atomic E-state index is 13.0. The largest absolute Gasteiger partial charge is 0.493 e. The normalized spacial score (nSPS) is 11.0. The molecule has 0 aliphatic rings. The number of halogens is 4. The first-order valence-corrected chi connectivity index (χ1v) is 7.75. The number of carbonyl (C=O) groups is 1. The summed E-state index contributed by atoms with van der Waals surface area (Å²) in [5.74, 6) is 0.371. The van der Waals surface area contributed by atoms with E-state index in [4.69, 9.17) is 21.1 Å². The SMILES string of the molecule is COc1ccc(NC(=O)CNc2ccc(Cl)cc2C(F)(F)F)cc1OC. The molecule has 0 atom stereocenters. The Bertz CT molecular complexity index is 797. The molecule has 2 aromatic rings. The van der Waals surface area contributed by atoms with Gasteiger partial charge in [-0.1, -0.05) is 11.6 Å². The number of rotatable bonds is 6. The highest BCUT2D eigenvalue weighted by Gasteiger charge is 2.33. The zero-order valence-corrected chi connectivity index (χ0v) is 14.7. The lowest BCUT2D eigenvalue weighted by molar-refractivity contribution is -0.137. The van der Waals surface area contributed by atoms with Crippen LogP contribution in [-0.2, 0) is 11.0 Å². The first-order valence-electron chi connectivity index (χ1n) is 7.37. The van der Waals surface area contributed by atoms with Crippen LogP contribution in [0.25, 0.3) is 0 Å². The van der Waals surface area contributed by atoms with E-state index in [1.165, 1.54) is 26.4 Å². The number of benzene rings is 2. The molecule has 0 bridgehead atoms. The van der Waals surface area contributed by atoms with Crippen molar-refractivity contribution < 1.29 is 27.4 Å². The summed E-state index contributed by atoms with van der Waals surface area (Å²) in [6.07, 6.45) is -4.59. The van der Waals surface area contributed by atoms with Crippen molar-refractivity contribution in [3.63, 3.8) is 0 Å². The topological polar surface area (TPSA) is 59.6 Å². The molecule has 0 unspecified atom stereocenters. The number of hydrogen-bond acceptors (Lipinski definition) is 4. The molecule has 5 nitrogen and oxygen atoms in total. The van der Waals surface area contributed by atoms with Gasteiger partial charge in [0.1, 0.15) is 0 Å². The first-order chi connectivity index (χ1) is 12.2. The molecule has 0 aliphatic heterocycles. The molecule has 0 fully saturated rings. The molecule has 0 spiro atoms. The molecular weight excluding hydrogens is 373 g/mol. The molecule has 0 aliphatic carbocycles. The van der Waals surface area contributed by atoms with E-state index >= 15 is 0 Å². The Morgan fingerprint density at radius 1 is 1.08 bits per heavy atom. The van der Waals surface area contributed by atoms with Crippen molar-refractivity contribution in [1.82, 2.24) is 0 Å². The van der Waals surface area contributed by atoms with Gasteiger partial charge >= 0.3 is 6.18 Å². The molecule has 0 heterocycles. The van der Waals surface area contributed by atoms with Crippen LogP contribution in [0.2, 0.25) is 5.02 Å².